The number of hydrogen-bond acceptors (Lipinski definition) is 2. The van der Waals surface area contributed by atoms with Crippen LogP contribution in [0.25, 0.3) is 11.1 Å². The van der Waals surface area contributed by atoms with Crippen molar-refractivity contribution < 1.29 is 9.52 Å². The molecule has 1 fully saturated rings. The zero-order valence-electron chi connectivity index (χ0n) is 10.5. The van der Waals surface area contributed by atoms with E-state index in [0.717, 1.165) is 41.1 Å². The van der Waals surface area contributed by atoms with Gasteiger partial charge in [0, 0.05) is 22.6 Å². The van der Waals surface area contributed by atoms with Crippen molar-refractivity contribution >= 4 is 23.2 Å². The number of aryl methyl sites for hydroxylation is 1. The number of halogens is 2. The molecule has 2 aromatic rings. The fourth-order valence-corrected chi connectivity index (χ4v) is 3.10. The van der Waals surface area contributed by atoms with Crippen molar-refractivity contribution in [2.75, 3.05) is 0 Å². The summed E-state index contributed by atoms with van der Waals surface area (Å²) in [5, 5.41) is 10.8. The van der Waals surface area contributed by atoms with E-state index >= 15 is 0 Å². The maximum Gasteiger partial charge on any atom is 0.113 e. The average Bonchev–Trinajstić information content (AvgIpc) is 3.15. The first-order chi connectivity index (χ1) is 9.13. The first kappa shape index (κ1) is 13.0. The van der Waals surface area contributed by atoms with Crippen molar-refractivity contribution in [3.63, 3.8) is 0 Å². The van der Waals surface area contributed by atoms with Gasteiger partial charge in [-0.05, 0) is 31.9 Å². The zero-order chi connectivity index (χ0) is 13.6. The second-order valence-electron chi connectivity index (χ2n) is 4.91. The van der Waals surface area contributed by atoms with Crippen molar-refractivity contribution in [2.24, 2.45) is 0 Å². The Morgan fingerprint density at radius 2 is 1.84 bits per heavy atom. The lowest BCUT2D eigenvalue weighted by molar-refractivity contribution is 0.278. The summed E-state index contributed by atoms with van der Waals surface area (Å²) in [4.78, 5) is 0. The Hall–Kier alpha value is -0.960. The van der Waals surface area contributed by atoms with Crippen molar-refractivity contribution in [2.45, 2.75) is 32.3 Å². The fraction of sp³-hybridized carbons (Fsp3) is 0.333. The van der Waals surface area contributed by atoms with Crippen LogP contribution in [0.15, 0.2) is 22.6 Å². The molecule has 0 atom stereocenters. The third kappa shape index (κ3) is 2.18. The molecule has 1 aromatic heterocycles. The average molecular weight is 297 g/mol. The summed E-state index contributed by atoms with van der Waals surface area (Å²) >= 11 is 12.5. The Labute approximate surface area is 122 Å². The SMILES string of the molecule is Cc1oc(C2CC2)c(CO)c1-c1c(Cl)cccc1Cl. The lowest BCUT2D eigenvalue weighted by atomic mass is 9.99. The maximum absolute atomic E-state index is 9.69. The summed E-state index contributed by atoms with van der Waals surface area (Å²) in [6.45, 7) is 1.83. The highest BCUT2D eigenvalue weighted by Crippen LogP contribution is 2.48. The Morgan fingerprint density at radius 3 is 2.37 bits per heavy atom. The van der Waals surface area contributed by atoms with Gasteiger partial charge in [-0.3, -0.25) is 0 Å². The Morgan fingerprint density at radius 1 is 1.21 bits per heavy atom. The molecular formula is C15H14Cl2O2. The second-order valence-corrected chi connectivity index (χ2v) is 5.72. The van der Waals surface area contributed by atoms with Crippen molar-refractivity contribution in [1.82, 2.24) is 0 Å². The van der Waals surface area contributed by atoms with Crippen molar-refractivity contribution in [3.8, 4) is 11.1 Å². The molecule has 0 bridgehead atoms. The van der Waals surface area contributed by atoms with Gasteiger partial charge in [0.2, 0.25) is 0 Å². The number of aliphatic hydroxyl groups is 1. The van der Waals surface area contributed by atoms with Crippen LogP contribution < -0.4 is 0 Å². The number of rotatable bonds is 3. The molecule has 19 heavy (non-hydrogen) atoms. The van der Waals surface area contributed by atoms with Gasteiger partial charge in [0.15, 0.2) is 0 Å². The van der Waals surface area contributed by atoms with Crippen LogP contribution in [-0.2, 0) is 6.61 Å². The van der Waals surface area contributed by atoms with Gasteiger partial charge in [0.1, 0.15) is 11.5 Å². The van der Waals surface area contributed by atoms with E-state index in [2.05, 4.69) is 0 Å². The normalized spacial score (nSPS) is 14.9. The van der Waals surface area contributed by atoms with E-state index in [1.807, 2.05) is 13.0 Å². The minimum atomic E-state index is -0.0555. The van der Waals surface area contributed by atoms with Gasteiger partial charge in [0.25, 0.3) is 0 Å². The third-order valence-electron chi connectivity index (χ3n) is 3.53. The highest BCUT2D eigenvalue weighted by atomic mass is 35.5. The highest BCUT2D eigenvalue weighted by Gasteiger charge is 2.33. The first-order valence-electron chi connectivity index (χ1n) is 6.31. The van der Waals surface area contributed by atoms with E-state index in [0.29, 0.717) is 16.0 Å². The van der Waals surface area contributed by atoms with E-state index < -0.39 is 0 Å². The lowest BCUT2D eigenvalue weighted by Crippen LogP contribution is -1.92. The molecule has 4 heteroatoms. The molecule has 1 heterocycles. The molecule has 100 valence electrons. The predicted molar refractivity (Wildman–Crippen MR) is 76.8 cm³/mol. The molecule has 1 aliphatic rings. The zero-order valence-corrected chi connectivity index (χ0v) is 12.1. The van der Waals surface area contributed by atoms with Crippen LogP contribution in [0.5, 0.6) is 0 Å². The van der Waals surface area contributed by atoms with Crippen LogP contribution >= 0.6 is 23.2 Å². The molecule has 0 unspecified atom stereocenters. The van der Waals surface area contributed by atoms with Crippen LogP contribution in [-0.4, -0.2) is 5.11 Å². The van der Waals surface area contributed by atoms with Gasteiger partial charge in [-0.1, -0.05) is 29.3 Å². The van der Waals surface area contributed by atoms with E-state index in [1.165, 1.54) is 0 Å². The quantitative estimate of drug-likeness (QED) is 0.871. The van der Waals surface area contributed by atoms with E-state index in [1.54, 1.807) is 12.1 Å². The molecular weight excluding hydrogens is 283 g/mol. The van der Waals surface area contributed by atoms with Crippen molar-refractivity contribution in [1.29, 1.82) is 0 Å². The summed E-state index contributed by atoms with van der Waals surface area (Å²) < 4.78 is 5.85. The van der Waals surface area contributed by atoms with Gasteiger partial charge in [-0.2, -0.15) is 0 Å². The van der Waals surface area contributed by atoms with E-state index in [-0.39, 0.29) is 6.61 Å². The monoisotopic (exact) mass is 296 g/mol. The van der Waals surface area contributed by atoms with Gasteiger partial charge in [0.05, 0.1) is 16.7 Å². The van der Waals surface area contributed by atoms with Crippen LogP contribution in [0.2, 0.25) is 10.0 Å². The predicted octanol–water partition coefficient (Wildman–Crippen LogP) is 4.93. The molecule has 1 aliphatic carbocycles. The molecule has 1 saturated carbocycles. The van der Waals surface area contributed by atoms with E-state index in [4.69, 9.17) is 27.6 Å². The van der Waals surface area contributed by atoms with E-state index in [9.17, 15) is 5.11 Å². The number of benzene rings is 1. The molecule has 1 aromatic carbocycles. The third-order valence-corrected chi connectivity index (χ3v) is 4.16. The number of hydrogen-bond donors (Lipinski definition) is 1. The molecule has 0 radical (unpaired) electrons. The molecule has 0 spiro atoms. The van der Waals surface area contributed by atoms with Gasteiger partial charge < -0.3 is 9.52 Å². The maximum atomic E-state index is 9.69. The number of furan rings is 1. The summed E-state index contributed by atoms with van der Waals surface area (Å²) in [5.74, 6) is 2.10. The number of aliphatic hydroxyl groups excluding tert-OH is 1. The van der Waals surface area contributed by atoms with Crippen LogP contribution in [0, 0.1) is 6.92 Å². The Balaban J connectivity index is 2.24. The summed E-state index contributed by atoms with van der Waals surface area (Å²) in [5.41, 5.74) is 2.43. The summed E-state index contributed by atoms with van der Waals surface area (Å²) in [6.07, 6.45) is 2.24. The van der Waals surface area contributed by atoms with Crippen LogP contribution in [0.1, 0.15) is 35.8 Å². The molecule has 0 amide bonds. The van der Waals surface area contributed by atoms with Gasteiger partial charge in [-0.15, -0.1) is 0 Å². The molecule has 1 N–H and O–H groups in total. The largest absolute Gasteiger partial charge is 0.465 e. The Bertz CT molecular complexity index is 607. The summed E-state index contributed by atoms with van der Waals surface area (Å²) in [6, 6.07) is 5.41. The first-order valence-corrected chi connectivity index (χ1v) is 7.06. The second kappa shape index (κ2) is 4.86. The minimum absolute atomic E-state index is 0.0555. The standard InChI is InChI=1S/C15H14Cl2O2/c1-8-13(14-11(16)3-2-4-12(14)17)10(7-18)15(19-8)9-5-6-9/h2-4,9,18H,5-7H2,1H3. The molecule has 3 rings (SSSR count). The van der Waals surface area contributed by atoms with Crippen LogP contribution in [0.3, 0.4) is 0 Å². The van der Waals surface area contributed by atoms with Gasteiger partial charge >= 0.3 is 0 Å². The molecule has 0 aliphatic heterocycles. The minimum Gasteiger partial charge on any atom is -0.465 e. The summed E-state index contributed by atoms with van der Waals surface area (Å²) in [7, 11) is 0. The lowest BCUT2D eigenvalue weighted by Gasteiger charge is -2.08. The van der Waals surface area contributed by atoms with Crippen molar-refractivity contribution in [3.05, 3.63) is 45.3 Å². The van der Waals surface area contributed by atoms with Crippen LogP contribution in [0.4, 0.5) is 0 Å². The topological polar surface area (TPSA) is 33.4 Å². The highest BCUT2D eigenvalue weighted by molar-refractivity contribution is 6.39. The fourth-order valence-electron chi connectivity index (χ4n) is 2.51. The smallest absolute Gasteiger partial charge is 0.113 e. The molecule has 2 nitrogen and oxygen atoms in total. The Kier molecular flexibility index (Phi) is 3.34. The molecule has 0 saturated heterocycles. The van der Waals surface area contributed by atoms with Gasteiger partial charge in [-0.25, -0.2) is 0 Å².